The summed E-state index contributed by atoms with van der Waals surface area (Å²) < 4.78 is 6.35. The number of Topliss-reactive ketones (excluding diaryl/α,β-unsaturated/α-hetero) is 1. The molecule has 0 bridgehead atoms. The van der Waals surface area contributed by atoms with Crippen molar-refractivity contribution in [2.45, 2.75) is 13.2 Å². The first-order chi connectivity index (χ1) is 22.5. The number of hydrogen-bond donors (Lipinski definition) is 0. The van der Waals surface area contributed by atoms with Crippen LogP contribution in [0, 0.1) is 6.92 Å². The second-order valence-electron chi connectivity index (χ2n) is 11.6. The van der Waals surface area contributed by atoms with E-state index in [1.165, 1.54) is 4.90 Å². The molecule has 0 N–H and O–H groups in total. The van der Waals surface area contributed by atoms with Crippen LogP contribution in [0.25, 0.3) is 32.3 Å². The Morgan fingerprint density at radius 1 is 0.587 bits per heavy atom. The first kappa shape index (κ1) is 27.5. The molecule has 7 aromatic rings. The molecule has 46 heavy (non-hydrogen) atoms. The summed E-state index contributed by atoms with van der Waals surface area (Å²) in [5.74, 6) is -0.745. The van der Waals surface area contributed by atoms with Gasteiger partial charge in [-0.3, -0.25) is 19.3 Å². The van der Waals surface area contributed by atoms with E-state index >= 15 is 0 Å². The molecule has 0 fully saturated rings. The average molecular weight is 598 g/mol. The lowest BCUT2D eigenvalue weighted by molar-refractivity contribution is 0.0767. The van der Waals surface area contributed by atoms with Crippen molar-refractivity contribution in [2.24, 2.45) is 0 Å². The second kappa shape index (κ2) is 10.8. The summed E-state index contributed by atoms with van der Waals surface area (Å²) in [6, 6.07) is 43.4. The Bertz CT molecular complexity index is 2390. The molecule has 1 aliphatic heterocycles. The summed E-state index contributed by atoms with van der Waals surface area (Å²) in [5.41, 5.74) is 2.61. The molecule has 1 atom stereocenters. The monoisotopic (exact) mass is 597 g/mol. The van der Waals surface area contributed by atoms with E-state index in [1.807, 2.05) is 116 Å². The third kappa shape index (κ3) is 4.44. The maximum atomic E-state index is 14.6. The van der Waals surface area contributed by atoms with Gasteiger partial charge in [0.1, 0.15) is 11.4 Å². The smallest absolute Gasteiger partial charge is 0.261 e. The van der Waals surface area contributed by atoms with E-state index in [4.69, 9.17) is 4.74 Å². The number of rotatable bonds is 5. The molecule has 7 aromatic carbocycles. The van der Waals surface area contributed by atoms with Crippen molar-refractivity contribution in [2.75, 3.05) is 4.90 Å². The number of anilines is 1. The molecule has 1 unspecified atom stereocenters. The van der Waals surface area contributed by atoms with Crippen molar-refractivity contribution in [1.29, 1.82) is 0 Å². The SMILES string of the molecule is Cc1ccc2c(c1C(=O)c1cccc3ccccc13)N(C(=O)c1ccc3ccccc3c1)C(C(=O)c1ccc3ccccc3c1)O2. The predicted molar refractivity (Wildman–Crippen MR) is 182 cm³/mol. The van der Waals surface area contributed by atoms with Gasteiger partial charge in [0, 0.05) is 16.7 Å². The Labute approximate surface area is 265 Å². The van der Waals surface area contributed by atoms with E-state index in [0.717, 1.165) is 32.3 Å². The van der Waals surface area contributed by atoms with Gasteiger partial charge in [0.15, 0.2) is 5.78 Å². The molecular formula is C41H27NO4. The van der Waals surface area contributed by atoms with Crippen LogP contribution in [-0.2, 0) is 0 Å². The number of ketones is 2. The molecule has 8 rings (SSSR count). The third-order valence-corrected chi connectivity index (χ3v) is 8.80. The van der Waals surface area contributed by atoms with Crippen LogP contribution in [0.5, 0.6) is 5.75 Å². The van der Waals surface area contributed by atoms with Gasteiger partial charge in [-0.05, 0) is 69.1 Å². The minimum absolute atomic E-state index is 0.245. The number of nitrogens with zero attached hydrogens (tertiary/aromatic N) is 1. The minimum atomic E-state index is -1.31. The van der Waals surface area contributed by atoms with Gasteiger partial charge in [0.05, 0.1) is 5.56 Å². The van der Waals surface area contributed by atoms with Crippen LogP contribution in [0.2, 0.25) is 0 Å². The Morgan fingerprint density at radius 2 is 1.17 bits per heavy atom. The molecule has 0 aromatic heterocycles. The highest BCUT2D eigenvalue weighted by molar-refractivity contribution is 6.24. The van der Waals surface area contributed by atoms with E-state index < -0.39 is 12.1 Å². The van der Waals surface area contributed by atoms with E-state index in [1.54, 1.807) is 30.3 Å². The molecule has 1 aliphatic rings. The molecule has 0 radical (unpaired) electrons. The summed E-state index contributed by atoms with van der Waals surface area (Å²) in [4.78, 5) is 44.9. The van der Waals surface area contributed by atoms with Crippen LogP contribution in [0.4, 0.5) is 5.69 Å². The zero-order chi connectivity index (χ0) is 31.4. The number of fused-ring (bicyclic) bond motifs is 4. The molecule has 220 valence electrons. The highest BCUT2D eigenvalue weighted by Crippen LogP contribution is 2.44. The van der Waals surface area contributed by atoms with Crippen molar-refractivity contribution in [3.8, 4) is 5.75 Å². The lowest BCUT2D eigenvalue weighted by atomic mass is 9.92. The summed E-state index contributed by atoms with van der Waals surface area (Å²) in [7, 11) is 0. The third-order valence-electron chi connectivity index (χ3n) is 8.80. The van der Waals surface area contributed by atoms with Gasteiger partial charge in [-0.15, -0.1) is 0 Å². The minimum Gasteiger partial charge on any atom is -0.460 e. The number of benzene rings is 7. The van der Waals surface area contributed by atoms with Gasteiger partial charge in [0.2, 0.25) is 12.0 Å². The summed E-state index contributed by atoms with van der Waals surface area (Å²) >= 11 is 0. The fraction of sp³-hybridized carbons (Fsp3) is 0.0488. The van der Waals surface area contributed by atoms with Crippen molar-refractivity contribution >= 4 is 55.5 Å². The van der Waals surface area contributed by atoms with Gasteiger partial charge < -0.3 is 4.74 Å². The highest BCUT2D eigenvalue weighted by atomic mass is 16.5. The van der Waals surface area contributed by atoms with Crippen LogP contribution >= 0.6 is 0 Å². The van der Waals surface area contributed by atoms with Crippen LogP contribution in [0.15, 0.2) is 140 Å². The Kier molecular flexibility index (Phi) is 6.47. The predicted octanol–water partition coefficient (Wildman–Crippen LogP) is 8.93. The van der Waals surface area contributed by atoms with Gasteiger partial charge in [-0.2, -0.15) is 0 Å². The molecule has 5 heteroatoms. The molecule has 0 saturated carbocycles. The lowest BCUT2D eigenvalue weighted by Crippen LogP contribution is -2.45. The quantitative estimate of drug-likeness (QED) is 0.186. The van der Waals surface area contributed by atoms with Crippen LogP contribution in [0.1, 0.15) is 42.2 Å². The average Bonchev–Trinajstić information content (AvgIpc) is 3.49. The molecule has 0 saturated heterocycles. The Balaban J connectivity index is 1.31. The van der Waals surface area contributed by atoms with Gasteiger partial charge in [-0.1, -0.05) is 115 Å². The van der Waals surface area contributed by atoms with Crippen LogP contribution in [0.3, 0.4) is 0 Å². The summed E-state index contributed by atoms with van der Waals surface area (Å²) in [6.45, 7) is 1.84. The van der Waals surface area contributed by atoms with E-state index in [0.29, 0.717) is 39.3 Å². The fourth-order valence-corrected chi connectivity index (χ4v) is 6.47. The standard InChI is InChI=1S/C41H27NO4/c1-25-17-22-35-37(36(25)39(44)34-16-8-14-28-11-6-7-15-33(28)34)42(40(45)32-21-19-27-10-3-5-13-30(27)24-32)41(46-35)38(43)31-20-18-26-9-2-4-12-29(26)23-31/h2-24,41H,1H3. The number of aryl methyl sites for hydroxylation is 1. The van der Waals surface area contributed by atoms with Gasteiger partial charge in [0.25, 0.3) is 5.91 Å². The second-order valence-corrected chi connectivity index (χ2v) is 11.6. The number of amides is 1. The summed E-state index contributed by atoms with van der Waals surface area (Å²) in [5, 5.41) is 5.52. The lowest BCUT2D eigenvalue weighted by Gasteiger charge is -2.24. The zero-order valence-electron chi connectivity index (χ0n) is 24.9. The fourth-order valence-electron chi connectivity index (χ4n) is 6.47. The van der Waals surface area contributed by atoms with Crippen LogP contribution < -0.4 is 9.64 Å². The van der Waals surface area contributed by atoms with Gasteiger partial charge in [-0.25, -0.2) is 0 Å². The van der Waals surface area contributed by atoms with Crippen molar-refractivity contribution in [1.82, 2.24) is 0 Å². The molecule has 5 nitrogen and oxygen atoms in total. The largest absolute Gasteiger partial charge is 0.460 e. The van der Waals surface area contributed by atoms with E-state index in [2.05, 4.69) is 0 Å². The van der Waals surface area contributed by atoms with Crippen molar-refractivity contribution in [3.05, 3.63) is 167 Å². The van der Waals surface area contributed by atoms with Crippen molar-refractivity contribution < 1.29 is 19.1 Å². The van der Waals surface area contributed by atoms with Gasteiger partial charge >= 0.3 is 0 Å². The maximum Gasteiger partial charge on any atom is 0.261 e. The van der Waals surface area contributed by atoms with Crippen LogP contribution in [-0.4, -0.2) is 23.7 Å². The molecule has 1 heterocycles. The Morgan fingerprint density at radius 3 is 1.89 bits per heavy atom. The first-order valence-corrected chi connectivity index (χ1v) is 15.2. The molecule has 0 aliphatic carbocycles. The number of hydrogen-bond acceptors (Lipinski definition) is 4. The number of carbonyl (C=O) groups is 3. The zero-order valence-corrected chi connectivity index (χ0v) is 24.9. The normalized spacial score (nSPS) is 13.9. The highest BCUT2D eigenvalue weighted by Gasteiger charge is 2.44. The Hall–Kier alpha value is -6.07. The first-order valence-electron chi connectivity index (χ1n) is 15.2. The number of ether oxygens (including phenoxy) is 1. The topological polar surface area (TPSA) is 63.7 Å². The van der Waals surface area contributed by atoms with Crippen molar-refractivity contribution in [3.63, 3.8) is 0 Å². The van der Waals surface area contributed by atoms with E-state index in [-0.39, 0.29) is 11.6 Å². The molecule has 0 spiro atoms. The number of carbonyl (C=O) groups excluding carboxylic acids is 3. The summed E-state index contributed by atoms with van der Waals surface area (Å²) in [6.07, 6.45) is -1.31. The molecule has 1 amide bonds. The van der Waals surface area contributed by atoms with E-state index in [9.17, 15) is 14.4 Å². The molecular weight excluding hydrogens is 570 g/mol. The maximum absolute atomic E-state index is 14.6.